The molecule has 0 saturated carbocycles. The third-order valence-electron chi connectivity index (χ3n) is 2.24. The van der Waals surface area contributed by atoms with Gasteiger partial charge >= 0.3 is 0 Å². The van der Waals surface area contributed by atoms with E-state index in [0.717, 1.165) is 17.3 Å². The van der Waals surface area contributed by atoms with Gasteiger partial charge < -0.3 is 0 Å². The van der Waals surface area contributed by atoms with Crippen LogP contribution in [-0.4, -0.2) is 16.7 Å². The standard InChI is InChI=1S/C12H14ClNS2/c1-12(2)7-14-11(15-8-12)16-10-5-3-9(13)4-6-10/h3-6H,7-8H2,1-2H3. The number of aliphatic imine (C=N–C) groups is 1. The van der Waals surface area contributed by atoms with Crippen molar-refractivity contribution in [1.29, 1.82) is 0 Å². The zero-order valence-electron chi connectivity index (χ0n) is 9.37. The third kappa shape index (κ3) is 3.44. The quantitative estimate of drug-likeness (QED) is 0.742. The van der Waals surface area contributed by atoms with Crippen LogP contribution < -0.4 is 0 Å². The molecule has 4 heteroatoms. The van der Waals surface area contributed by atoms with Crippen LogP contribution in [0.4, 0.5) is 0 Å². The van der Waals surface area contributed by atoms with Crippen molar-refractivity contribution < 1.29 is 0 Å². The number of nitrogens with zero attached hydrogens (tertiary/aromatic N) is 1. The summed E-state index contributed by atoms with van der Waals surface area (Å²) in [4.78, 5) is 5.81. The van der Waals surface area contributed by atoms with Gasteiger partial charge in [0, 0.05) is 22.2 Å². The Bertz CT molecular complexity index is 398. The van der Waals surface area contributed by atoms with E-state index >= 15 is 0 Å². The van der Waals surface area contributed by atoms with Crippen LogP contribution in [0.15, 0.2) is 34.2 Å². The molecule has 0 N–H and O–H groups in total. The second-order valence-corrected chi connectivity index (χ2v) is 7.31. The maximum absolute atomic E-state index is 5.85. The molecule has 1 nitrogen and oxygen atoms in total. The van der Waals surface area contributed by atoms with Gasteiger partial charge in [0.25, 0.3) is 0 Å². The molecule has 16 heavy (non-hydrogen) atoms. The highest BCUT2D eigenvalue weighted by molar-refractivity contribution is 8.39. The van der Waals surface area contributed by atoms with Crippen molar-refractivity contribution in [2.45, 2.75) is 18.7 Å². The number of thioether (sulfide) groups is 2. The molecule has 0 atom stereocenters. The zero-order valence-corrected chi connectivity index (χ0v) is 11.8. The van der Waals surface area contributed by atoms with Crippen LogP contribution in [0.25, 0.3) is 0 Å². The van der Waals surface area contributed by atoms with Crippen molar-refractivity contribution in [2.75, 3.05) is 12.3 Å². The monoisotopic (exact) mass is 271 g/mol. The molecule has 2 rings (SSSR count). The largest absolute Gasteiger partial charge is 0.271 e. The van der Waals surface area contributed by atoms with E-state index in [1.54, 1.807) is 11.8 Å². The molecule has 0 saturated heterocycles. The van der Waals surface area contributed by atoms with Gasteiger partial charge in [-0.15, -0.1) is 0 Å². The van der Waals surface area contributed by atoms with Crippen molar-refractivity contribution in [3.8, 4) is 0 Å². The Kier molecular flexibility index (Phi) is 3.88. The normalized spacial score (nSPS) is 19.3. The molecule has 1 heterocycles. The molecular weight excluding hydrogens is 258 g/mol. The van der Waals surface area contributed by atoms with Gasteiger partial charge in [0.15, 0.2) is 0 Å². The Morgan fingerprint density at radius 2 is 2.00 bits per heavy atom. The molecule has 0 unspecified atom stereocenters. The lowest BCUT2D eigenvalue weighted by molar-refractivity contribution is 0.438. The minimum Gasteiger partial charge on any atom is -0.271 e. The van der Waals surface area contributed by atoms with Crippen molar-refractivity contribution in [2.24, 2.45) is 10.4 Å². The highest BCUT2D eigenvalue weighted by Gasteiger charge is 2.23. The first-order valence-electron chi connectivity index (χ1n) is 5.16. The molecule has 1 aromatic rings. The van der Waals surface area contributed by atoms with E-state index in [0.29, 0.717) is 5.41 Å². The average Bonchev–Trinajstić information content (AvgIpc) is 2.24. The maximum atomic E-state index is 5.85. The molecule has 0 amide bonds. The maximum Gasteiger partial charge on any atom is 0.129 e. The van der Waals surface area contributed by atoms with Crippen LogP contribution in [-0.2, 0) is 0 Å². The smallest absolute Gasteiger partial charge is 0.129 e. The minimum atomic E-state index is 0.342. The van der Waals surface area contributed by atoms with Gasteiger partial charge in [0.1, 0.15) is 4.38 Å². The summed E-state index contributed by atoms with van der Waals surface area (Å²) < 4.78 is 1.17. The number of hydrogen-bond donors (Lipinski definition) is 0. The van der Waals surface area contributed by atoms with Gasteiger partial charge in [-0.2, -0.15) is 0 Å². The van der Waals surface area contributed by atoms with E-state index in [-0.39, 0.29) is 0 Å². The SMILES string of the molecule is CC1(C)CN=C(Sc2ccc(Cl)cc2)SC1. The first kappa shape index (κ1) is 12.3. The molecule has 0 spiro atoms. The fourth-order valence-electron chi connectivity index (χ4n) is 1.29. The molecular formula is C12H14ClNS2. The molecule has 0 aromatic heterocycles. The van der Waals surface area contributed by atoms with E-state index in [9.17, 15) is 0 Å². The van der Waals surface area contributed by atoms with Gasteiger partial charge in [0.2, 0.25) is 0 Å². The molecule has 0 aliphatic carbocycles. The van der Waals surface area contributed by atoms with Crippen molar-refractivity contribution >= 4 is 39.5 Å². The Morgan fingerprint density at radius 3 is 2.56 bits per heavy atom. The Balaban J connectivity index is 2.01. The Labute approximate surface area is 110 Å². The lowest BCUT2D eigenvalue weighted by Gasteiger charge is -2.26. The molecule has 0 fully saturated rings. The fraction of sp³-hybridized carbons (Fsp3) is 0.417. The van der Waals surface area contributed by atoms with Gasteiger partial charge in [-0.3, -0.25) is 4.99 Å². The summed E-state index contributed by atoms with van der Waals surface area (Å²) in [6.45, 7) is 5.44. The number of rotatable bonds is 1. The Morgan fingerprint density at radius 1 is 1.31 bits per heavy atom. The summed E-state index contributed by atoms with van der Waals surface area (Å²) in [6, 6.07) is 7.91. The van der Waals surface area contributed by atoms with Gasteiger partial charge in [-0.1, -0.05) is 49.0 Å². The Hall–Kier alpha value is -0.120. The second-order valence-electron chi connectivity index (χ2n) is 4.59. The van der Waals surface area contributed by atoms with E-state index in [4.69, 9.17) is 11.6 Å². The molecule has 1 aliphatic heterocycles. The van der Waals surface area contributed by atoms with E-state index in [1.807, 2.05) is 36.0 Å². The lowest BCUT2D eigenvalue weighted by Crippen LogP contribution is -2.23. The number of halogens is 1. The summed E-state index contributed by atoms with van der Waals surface area (Å²) in [5.74, 6) is 1.15. The zero-order chi connectivity index (χ0) is 11.6. The van der Waals surface area contributed by atoms with E-state index in [1.165, 1.54) is 9.27 Å². The molecule has 1 aromatic carbocycles. The molecule has 0 bridgehead atoms. The lowest BCUT2D eigenvalue weighted by atomic mass is 9.97. The fourth-order valence-corrected chi connectivity index (χ4v) is 3.48. The minimum absolute atomic E-state index is 0.342. The van der Waals surface area contributed by atoms with Crippen LogP contribution >= 0.6 is 35.1 Å². The van der Waals surface area contributed by atoms with Crippen LogP contribution in [0.2, 0.25) is 5.02 Å². The molecule has 1 aliphatic rings. The summed E-state index contributed by atoms with van der Waals surface area (Å²) in [6.07, 6.45) is 0. The van der Waals surface area contributed by atoms with Crippen LogP contribution in [0.1, 0.15) is 13.8 Å². The third-order valence-corrected chi connectivity index (χ3v) is 5.21. The molecule has 86 valence electrons. The second kappa shape index (κ2) is 5.03. The van der Waals surface area contributed by atoms with Crippen molar-refractivity contribution in [3.05, 3.63) is 29.3 Å². The molecule has 0 radical (unpaired) electrons. The predicted octanol–water partition coefficient (Wildman–Crippen LogP) is 4.56. The van der Waals surface area contributed by atoms with Gasteiger partial charge in [-0.25, -0.2) is 0 Å². The summed E-state index contributed by atoms with van der Waals surface area (Å²) in [7, 11) is 0. The highest BCUT2D eigenvalue weighted by atomic mass is 35.5. The van der Waals surface area contributed by atoms with E-state index < -0.39 is 0 Å². The average molecular weight is 272 g/mol. The van der Waals surface area contributed by atoms with Crippen LogP contribution in [0.5, 0.6) is 0 Å². The summed E-state index contributed by atoms with van der Waals surface area (Å²) in [5.41, 5.74) is 0.342. The van der Waals surface area contributed by atoms with E-state index in [2.05, 4.69) is 18.8 Å². The number of benzene rings is 1. The topological polar surface area (TPSA) is 12.4 Å². The van der Waals surface area contributed by atoms with Crippen LogP contribution in [0, 0.1) is 5.41 Å². The van der Waals surface area contributed by atoms with Crippen LogP contribution in [0.3, 0.4) is 0 Å². The summed E-state index contributed by atoms with van der Waals surface area (Å²) in [5, 5.41) is 0.781. The summed E-state index contributed by atoms with van der Waals surface area (Å²) >= 11 is 9.42. The number of hydrogen-bond acceptors (Lipinski definition) is 3. The van der Waals surface area contributed by atoms with Crippen molar-refractivity contribution in [1.82, 2.24) is 0 Å². The van der Waals surface area contributed by atoms with Gasteiger partial charge in [-0.05, 0) is 29.7 Å². The predicted molar refractivity (Wildman–Crippen MR) is 75.9 cm³/mol. The highest BCUT2D eigenvalue weighted by Crippen LogP contribution is 2.35. The first-order valence-corrected chi connectivity index (χ1v) is 7.34. The van der Waals surface area contributed by atoms with Crippen molar-refractivity contribution in [3.63, 3.8) is 0 Å². The first-order chi connectivity index (χ1) is 7.55. The van der Waals surface area contributed by atoms with Gasteiger partial charge in [0.05, 0.1) is 0 Å².